The van der Waals surface area contributed by atoms with E-state index in [1.54, 1.807) is 34.6 Å². The van der Waals surface area contributed by atoms with Crippen molar-refractivity contribution in [3.05, 3.63) is 0 Å². The SMILES string of the molecule is CC(C)CC(NC(=O)OC(C)(C)C)C(=O)NC(CC(C)C)C(=O)NC(C(=O)O)C(C)C. The Morgan fingerprint density at radius 1 is 0.774 bits per heavy atom. The van der Waals surface area contributed by atoms with Crippen LogP contribution < -0.4 is 16.0 Å². The van der Waals surface area contributed by atoms with Crippen molar-refractivity contribution in [2.45, 2.75) is 98.9 Å². The van der Waals surface area contributed by atoms with Crippen LogP contribution in [0.5, 0.6) is 0 Å². The number of amides is 3. The van der Waals surface area contributed by atoms with Gasteiger partial charge in [-0.05, 0) is 51.4 Å². The second-order valence-electron chi connectivity index (χ2n) is 10.1. The number of hydrogen-bond donors (Lipinski definition) is 4. The maximum atomic E-state index is 13.0. The molecule has 0 saturated carbocycles. The molecule has 0 aliphatic carbocycles. The third-order valence-electron chi connectivity index (χ3n) is 4.29. The van der Waals surface area contributed by atoms with Crippen molar-refractivity contribution in [2.24, 2.45) is 17.8 Å². The van der Waals surface area contributed by atoms with Crippen LogP contribution in [-0.4, -0.2) is 52.7 Å². The van der Waals surface area contributed by atoms with Gasteiger partial charge in [0.1, 0.15) is 23.7 Å². The molecule has 0 bridgehead atoms. The molecule has 4 N–H and O–H groups in total. The fraction of sp³-hybridized carbons (Fsp3) is 0.818. The second kappa shape index (κ2) is 12.5. The van der Waals surface area contributed by atoms with Crippen molar-refractivity contribution in [2.75, 3.05) is 0 Å². The first-order valence-electron chi connectivity index (χ1n) is 10.9. The fourth-order valence-corrected chi connectivity index (χ4v) is 2.90. The van der Waals surface area contributed by atoms with Gasteiger partial charge in [0.15, 0.2) is 0 Å². The Bertz CT molecular complexity index is 625. The summed E-state index contributed by atoms with van der Waals surface area (Å²) in [5.41, 5.74) is -0.717. The molecule has 0 aromatic carbocycles. The van der Waals surface area contributed by atoms with Crippen LogP contribution in [0.15, 0.2) is 0 Å². The van der Waals surface area contributed by atoms with E-state index in [2.05, 4.69) is 16.0 Å². The number of alkyl carbamates (subject to hydrolysis) is 1. The molecule has 0 aromatic rings. The van der Waals surface area contributed by atoms with Gasteiger partial charge in [-0.2, -0.15) is 0 Å². The van der Waals surface area contributed by atoms with Gasteiger partial charge in [-0.25, -0.2) is 9.59 Å². The second-order valence-corrected chi connectivity index (χ2v) is 10.1. The molecule has 0 radical (unpaired) electrons. The highest BCUT2D eigenvalue weighted by Crippen LogP contribution is 2.12. The van der Waals surface area contributed by atoms with Crippen molar-refractivity contribution in [1.82, 2.24) is 16.0 Å². The van der Waals surface area contributed by atoms with E-state index in [0.29, 0.717) is 12.8 Å². The molecule has 0 fully saturated rings. The molecule has 0 aliphatic rings. The molecule has 3 atom stereocenters. The van der Waals surface area contributed by atoms with E-state index in [1.807, 2.05) is 27.7 Å². The van der Waals surface area contributed by atoms with Crippen molar-refractivity contribution in [3.8, 4) is 0 Å². The molecule has 3 unspecified atom stereocenters. The molecule has 3 amide bonds. The monoisotopic (exact) mass is 443 g/mol. The van der Waals surface area contributed by atoms with Crippen molar-refractivity contribution in [1.29, 1.82) is 0 Å². The van der Waals surface area contributed by atoms with Crippen molar-refractivity contribution in [3.63, 3.8) is 0 Å². The van der Waals surface area contributed by atoms with E-state index >= 15 is 0 Å². The lowest BCUT2D eigenvalue weighted by Gasteiger charge is -2.27. The largest absolute Gasteiger partial charge is 0.480 e. The van der Waals surface area contributed by atoms with Crippen LogP contribution in [0.1, 0.15) is 75.2 Å². The van der Waals surface area contributed by atoms with Crippen LogP contribution in [0.2, 0.25) is 0 Å². The van der Waals surface area contributed by atoms with Gasteiger partial charge in [-0.3, -0.25) is 9.59 Å². The molecule has 0 aliphatic heterocycles. The van der Waals surface area contributed by atoms with E-state index in [-0.39, 0.29) is 17.8 Å². The summed E-state index contributed by atoms with van der Waals surface area (Å²) in [6.07, 6.45) is -0.0443. The molecule has 180 valence electrons. The Morgan fingerprint density at radius 2 is 1.19 bits per heavy atom. The number of aliphatic carboxylic acids is 1. The van der Waals surface area contributed by atoms with Crippen LogP contribution in [0, 0.1) is 17.8 Å². The fourth-order valence-electron chi connectivity index (χ4n) is 2.90. The Labute approximate surface area is 186 Å². The molecule has 31 heavy (non-hydrogen) atoms. The molecular weight excluding hydrogens is 402 g/mol. The van der Waals surface area contributed by atoms with Gasteiger partial charge >= 0.3 is 12.1 Å². The van der Waals surface area contributed by atoms with Crippen LogP contribution in [0.25, 0.3) is 0 Å². The quantitative estimate of drug-likeness (QED) is 0.388. The molecule has 9 nitrogen and oxygen atoms in total. The number of carbonyl (C=O) groups is 4. The minimum Gasteiger partial charge on any atom is -0.480 e. The predicted octanol–water partition coefficient (Wildman–Crippen LogP) is 2.68. The first-order chi connectivity index (χ1) is 14.0. The normalized spacial score (nSPS) is 14.7. The summed E-state index contributed by atoms with van der Waals surface area (Å²) in [4.78, 5) is 49.4. The van der Waals surface area contributed by atoms with Gasteiger partial charge in [-0.1, -0.05) is 41.5 Å². The molecule has 9 heteroatoms. The van der Waals surface area contributed by atoms with Crippen molar-refractivity contribution >= 4 is 23.9 Å². The Balaban J connectivity index is 5.47. The molecule has 0 aromatic heterocycles. The van der Waals surface area contributed by atoms with Crippen LogP contribution >= 0.6 is 0 Å². The molecular formula is C22H41N3O6. The highest BCUT2D eigenvalue weighted by Gasteiger charge is 2.32. The van der Waals surface area contributed by atoms with Crippen LogP contribution in [0.3, 0.4) is 0 Å². The van der Waals surface area contributed by atoms with Gasteiger partial charge in [0.2, 0.25) is 11.8 Å². The summed E-state index contributed by atoms with van der Waals surface area (Å²) in [7, 11) is 0. The predicted molar refractivity (Wildman–Crippen MR) is 118 cm³/mol. The van der Waals surface area contributed by atoms with E-state index in [4.69, 9.17) is 4.74 Å². The average molecular weight is 444 g/mol. The number of carboxylic acids is 1. The van der Waals surface area contributed by atoms with Crippen LogP contribution in [-0.2, 0) is 19.1 Å². The van der Waals surface area contributed by atoms with Gasteiger partial charge in [0.05, 0.1) is 0 Å². The van der Waals surface area contributed by atoms with Gasteiger partial charge in [0, 0.05) is 0 Å². The highest BCUT2D eigenvalue weighted by molar-refractivity contribution is 5.92. The molecule has 0 rings (SSSR count). The third-order valence-corrected chi connectivity index (χ3v) is 4.29. The summed E-state index contributed by atoms with van der Waals surface area (Å²) < 4.78 is 5.25. The average Bonchev–Trinajstić information content (AvgIpc) is 2.54. The zero-order valence-corrected chi connectivity index (χ0v) is 20.4. The van der Waals surface area contributed by atoms with Crippen molar-refractivity contribution < 1.29 is 29.0 Å². The first-order valence-corrected chi connectivity index (χ1v) is 10.9. The minimum atomic E-state index is -1.14. The maximum Gasteiger partial charge on any atom is 0.408 e. The number of ether oxygens (including phenoxy) is 1. The van der Waals surface area contributed by atoms with E-state index in [9.17, 15) is 24.3 Å². The smallest absolute Gasteiger partial charge is 0.408 e. The Hall–Kier alpha value is -2.32. The maximum absolute atomic E-state index is 13.0. The molecule has 0 heterocycles. The summed E-state index contributed by atoms with van der Waals surface area (Å²) in [6.45, 7) is 16.2. The lowest BCUT2D eigenvalue weighted by molar-refractivity contribution is -0.143. The number of rotatable bonds is 11. The number of carboxylic acid groups (broad SMARTS) is 1. The Morgan fingerprint density at radius 3 is 1.55 bits per heavy atom. The van der Waals surface area contributed by atoms with Crippen LogP contribution in [0.4, 0.5) is 4.79 Å². The van der Waals surface area contributed by atoms with E-state index in [0.717, 1.165) is 0 Å². The summed E-state index contributed by atoms with van der Waals surface area (Å²) in [5, 5.41) is 17.1. The summed E-state index contributed by atoms with van der Waals surface area (Å²) in [5.74, 6) is -2.37. The zero-order valence-electron chi connectivity index (χ0n) is 20.4. The summed E-state index contributed by atoms with van der Waals surface area (Å²) in [6, 6.07) is -2.88. The third kappa shape index (κ3) is 12.2. The molecule has 0 spiro atoms. The van der Waals surface area contributed by atoms with Gasteiger partial charge in [-0.15, -0.1) is 0 Å². The summed E-state index contributed by atoms with van der Waals surface area (Å²) >= 11 is 0. The van der Waals surface area contributed by atoms with E-state index in [1.165, 1.54) is 0 Å². The highest BCUT2D eigenvalue weighted by atomic mass is 16.6. The lowest BCUT2D eigenvalue weighted by atomic mass is 9.99. The number of nitrogens with one attached hydrogen (secondary N) is 3. The minimum absolute atomic E-state index is 0.0701. The Kier molecular flexibility index (Phi) is 11.6. The zero-order chi connectivity index (χ0) is 24.5. The molecule has 0 saturated heterocycles. The lowest BCUT2D eigenvalue weighted by Crippen LogP contribution is -2.57. The number of hydrogen-bond acceptors (Lipinski definition) is 5. The van der Waals surface area contributed by atoms with Gasteiger partial charge < -0.3 is 25.8 Å². The van der Waals surface area contributed by atoms with E-state index < -0.39 is 47.6 Å². The number of carbonyl (C=O) groups excluding carboxylic acids is 3. The topological polar surface area (TPSA) is 134 Å². The standard InChI is InChI=1S/C22H41N3O6/c1-12(2)10-15(19(27)25-17(14(5)6)20(28)29)23-18(26)16(11-13(3)4)24-21(30)31-22(7,8)9/h12-17H,10-11H2,1-9H3,(H,23,26)(H,24,30)(H,25,27)(H,28,29). The first kappa shape index (κ1) is 28.7. The van der Waals surface area contributed by atoms with Gasteiger partial charge in [0.25, 0.3) is 0 Å².